The minimum absolute atomic E-state index is 0.516. The lowest BCUT2D eigenvalue weighted by atomic mass is 10.1. The topological polar surface area (TPSA) is 16.1 Å². The van der Waals surface area contributed by atoms with Gasteiger partial charge in [-0.15, -0.1) is 0 Å². The van der Waals surface area contributed by atoms with Crippen molar-refractivity contribution in [3.05, 3.63) is 28.5 Å². The van der Waals surface area contributed by atoms with E-state index < -0.39 is 0 Å². The molecule has 1 aromatic rings. The molecule has 0 aliphatic carbocycles. The normalized spacial score (nSPS) is 22.5. The molecule has 1 saturated heterocycles. The minimum Gasteiger partial charge on any atom is -0.292 e. The van der Waals surface area contributed by atoms with Gasteiger partial charge in [0.1, 0.15) is 4.60 Å². The maximum Gasteiger partial charge on any atom is 0.106 e. The second kappa shape index (κ2) is 4.62. The number of nitrogens with zero attached hydrogens (tertiary/aromatic N) is 2. The van der Waals surface area contributed by atoms with E-state index in [2.05, 4.69) is 51.8 Å². The van der Waals surface area contributed by atoms with Crippen molar-refractivity contribution in [2.24, 2.45) is 0 Å². The zero-order chi connectivity index (χ0) is 10.8. The number of rotatable bonds is 2. The molecule has 1 aliphatic heterocycles. The van der Waals surface area contributed by atoms with Crippen LogP contribution in [0.3, 0.4) is 0 Å². The van der Waals surface area contributed by atoms with Gasteiger partial charge >= 0.3 is 0 Å². The Bertz CT molecular complexity index is 338. The van der Waals surface area contributed by atoms with E-state index in [1.54, 1.807) is 0 Å². The highest BCUT2D eigenvalue weighted by molar-refractivity contribution is 9.10. The number of pyridine rings is 1. The van der Waals surface area contributed by atoms with Gasteiger partial charge in [0.2, 0.25) is 0 Å². The van der Waals surface area contributed by atoms with Crippen LogP contribution >= 0.6 is 15.9 Å². The number of aromatic nitrogens is 1. The predicted molar refractivity (Wildman–Crippen MR) is 65.8 cm³/mol. The van der Waals surface area contributed by atoms with Gasteiger partial charge < -0.3 is 0 Å². The second-order valence-corrected chi connectivity index (χ2v) is 5.19. The molecular weight excluding hydrogens is 252 g/mol. The van der Waals surface area contributed by atoms with Crippen LogP contribution in [0.4, 0.5) is 0 Å². The molecule has 0 saturated carbocycles. The van der Waals surface area contributed by atoms with Gasteiger partial charge in [-0.1, -0.05) is 6.07 Å². The summed E-state index contributed by atoms with van der Waals surface area (Å²) in [7, 11) is 0. The molecular formula is C12H17BrN2. The molecule has 0 spiro atoms. The minimum atomic E-state index is 0.516. The van der Waals surface area contributed by atoms with Crippen LogP contribution in [-0.2, 0) is 0 Å². The highest BCUT2D eigenvalue weighted by atomic mass is 79.9. The predicted octanol–water partition coefficient (Wildman–Crippen LogP) is 3.39. The fourth-order valence-electron chi connectivity index (χ4n) is 2.33. The van der Waals surface area contributed by atoms with Crippen molar-refractivity contribution in [3.63, 3.8) is 0 Å². The van der Waals surface area contributed by atoms with Crippen LogP contribution in [0.1, 0.15) is 38.4 Å². The fraction of sp³-hybridized carbons (Fsp3) is 0.583. The summed E-state index contributed by atoms with van der Waals surface area (Å²) >= 11 is 3.44. The van der Waals surface area contributed by atoms with Crippen molar-refractivity contribution in [2.45, 2.75) is 38.8 Å². The third-order valence-electron chi connectivity index (χ3n) is 3.04. The van der Waals surface area contributed by atoms with Gasteiger partial charge in [-0.25, -0.2) is 4.98 Å². The molecule has 1 aliphatic rings. The lowest BCUT2D eigenvalue weighted by Crippen LogP contribution is -2.30. The first-order valence-corrected chi connectivity index (χ1v) is 6.36. The number of hydrogen-bond donors (Lipinski definition) is 0. The van der Waals surface area contributed by atoms with Gasteiger partial charge in [-0.3, -0.25) is 4.90 Å². The zero-order valence-electron chi connectivity index (χ0n) is 9.28. The fourth-order valence-corrected chi connectivity index (χ4v) is 2.69. The van der Waals surface area contributed by atoms with Crippen LogP contribution < -0.4 is 0 Å². The number of likely N-dealkylation sites (tertiary alicyclic amines) is 1. The van der Waals surface area contributed by atoms with Gasteiger partial charge in [-0.05, 0) is 61.3 Å². The molecule has 2 nitrogen and oxygen atoms in total. The van der Waals surface area contributed by atoms with Gasteiger partial charge in [0.25, 0.3) is 0 Å². The van der Waals surface area contributed by atoms with Crippen LogP contribution in [0, 0.1) is 0 Å². The van der Waals surface area contributed by atoms with E-state index in [-0.39, 0.29) is 0 Å². The molecule has 1 unspecified atom stereocenters. The molecule has 1 fully saturated rings. The Hall–Kier alpha value is -0.410. The van der Waals surface area contributed by atoms with Gasteiger partial charge in [-0.2, -0.15) is 0 Å². The van der Waals surface area contributed by atoms with Crippen LogP contribution in [0.25, 0.3) is 0 Å². The average molecular weight is 269 g/mol. The Morgan fingerprint density at radius 3 is 2.93 bits per heavy atom. The Kier molecular flexibility index (Phi) is 3.42. The summed E-state index contributed by atoms with van der Waals surface area (Å²) in [5.41, 5.74) is 1.20. The Balaban J connectivity index is 2.22. The first kappa shape index (κ1) is 11.1. The molecule has 82 valence electrons. The molecule has 0 N–H and O–H groups in total. The van der Waals surface area contributed by atoms with Gasteiger partial charge in [0, 0.05) is 6.04 Å². The molecule has 2 heterocycles. The summed E-state index contributed by atoms with van der Waals surface area (Å²) in [6.45, 7) is 5.73. The van der Waals surface area contributed by atoms with Crippen molar-refractivity contribution >= 4 is 15.9 Å². The molecule has 3 heteroatoms. The van der Waals surface area contributed by atoms with E-state index in [9.17, 15) is 0 Å². The smallest absolute Gasteiger partial charge is 0.106 e. The van der Waals surface area contributed by atoms with E-state index in [4.69, 9.17) is 0 Å². The number of halogens is 1. The lowest BCUT2D eigenvalue weighted by molar-refractivity contribution is 0.202. The Morgan fingerprint density at radius 1 is 1.47 bits per heavy atom. The standard InChI is InChI=1S/C12H17BrN2/c1-9(2)15-8-4-6-11(15)10-5-3-7-12(13)14-10/h3,5,7,9,11H,4,6,8H2,1-2H3. The van der Waals surface area contributed by atoms with Crippen molar-refractivity contribution in [1.82, 2.24) is 9.88 Å². The SMILES string of the molecule is CC(C)N1CCCC1c1cccc(Br)n1. The summed E-state index contributed by atoms with van der Waals surface area (Å²) in [6.07, 6.45) is 2.53. The van der Waals surface area contributed by atoms with E-state index in [1.165, 1.54) is 25.1 Å². The Morgan fingerprint density at radius 2 is 2.27 bits per heavy atom. The summed E-state index contributed by atoms with van der Waals surface area (Å²) in [5, 5.41) is 0. The Labute approximate surface area is 99.8 Å². The second-order valence-electron chi connectivity index (χ2n) is 4.37. The molecule has 0 aromatic carbocycles. The first-order chi connectivity index (χ1) is 7.18. The van der Waals surface area contributed by atoms with Crippen molar-refractivity contribution in [2.75, 3.05) is 6.54 Å². The van der Waals surface area contributed by atoms with Crippen molar-refractivity contribution < 1.29 is 0 Å². The summed E-state index contributed by atoms with van der Waals surface area (Å²) in [5.74, 6) is 0. The molecule has 2 rings (SSSR count). The van der Waals surface area contributed by atoms with Crippen LogP contribution in [0.5, 0.6) is 0 Å². The van der Waals surface area contributed by atoms with Crippen LogP contribution in [0.2, 0.25) is 0 Å². The molecule has 1 atom stereocenters. The third-order valence-corrected chi connectivity index (χ3v) is 3.48. The van der Waals surface area contributed by atoms with Gasteiger partial charge in [0.05, 0.1) is 11.7 Å². The molecule has 0 radical (unpaired) electrons. The summed E-state index contributed by atoms with van der Waals surface area (Å²) in [6, 6.07) is 7.32. The zero-order valence-corrected chi connectivity index (χ0v) is 10.9. The maximum absolute atomic E-state index is 4.56. The van der Waals surface area contributed by atoms with Gasteiger partial charge in [0.15, 0.2) is 0 Å². The molecule has 0 amide bonds. The quantitative estimate of drug-likeness (QED) is 0.765. The van der Waals surface area contributed by atoms with Crippen molar-refractivity contribution in [3.8, 4) is 0 Å². The lowest BCUT2D eigenvalue weighted by Gasteiger charge is -2.27. The van der Waals surface area contributed by atoms with E-state index in [0.29, 0.717) is 12.1 Å². The molecule has 15 heavy (non-hydrogen) atoms. The van der Waals surface area contributed by atoms with E-state index in [1.807, 2.05) is 6.07 Å². The van der Waals surface area contributed by atoms with Crippen LogP contribution in [-0.4, -0.2) is 22.5 Å². The van der Waals surface area contributed by atoms with Crippen molar-refractivity contribution in [1.29, 1.82) is 0 Å². The summed E-state index contributed by atoms with van der Waals surface area (Å²) < 4.78 is 0.940. The molecule has 1 aromatic heterocycles. The first-order valence-electron chi connectivity index (χ1n) is 5.56. The highest BCUT2D eigenvalue weighted by Gasteiger charge is 2.28. The highest BCUT2D eigenvalue weighted by Crippen LogP contribution is 2.32. The van der Waals surface area contributed by atoms with E-state index in [0.717, 1.165) is 4.60 Å². The number of hydrogen-bond acceptors (Lipinski definition) is 2. The largest absolute Gasteiger partial charge is 0.292 e. The maximum atomic E-state index is 4.56. The third kappa shape index (κ3) is 2.40. The monoisotopic (exact) mass is 268 g/mol. The molecule has 0 bridgehead atoms. The van der Waals surface area contributed by atoms with E-state index >= 15 is 0 Å². The average Bonchev–Trinajstić information content (AvgIpc) is 2.65. The summed E-state index contributed by atoms with van der Waals surface area (Å²) in [4.78, 5) is 7.10. The van der Waals surface area contributed by atoms with Crippen LogP contribution in [0.15, 0.2) is 22.8 Å².